The zero-order chi connectivity index (χ0) is 15.4. The maximum absolute atomic E-state index is 3.73. The van der Waals surface area contributed by atoms with E-state index in [1.54, 1.807) is 0 Å². The molecule has 1 fully saturated rings. The molecule has 3 unspecified atom stereocenters. The molecular weight excluding hydrogens is 244 g/mol. The van der Waals surface area contributed by atoms with Crippen LogP contribution >= 0.6 is 0 Å². The van der Waals surface area contributed by atoms with E-state index in [2.05, 4.69) is 58.7 Å². The van der Waals surface area contributed by atoms with Crippen molar-refractivity contribution in [1.82, 2.24) is 10.2 Å². The Bertz CT molecular complexity index is 272. The molecule has 3 atom stereocenters. The van der Waals surface area contributed by atoms with Gasteiger partial charge in [0.2, 0.25) is 0 Å². The van der Waals surface area contributed by atoms with Gasteiger partial charge in [-0.25, -0.2) is 0 Å². The van der Waals surface area contributed by atoms with E-state index in [1.165, 1.54) is 38.9 Å². The summed E-state index contributed by atoms with van der Waals surface area (Å²) in [6.07, 6.45) is 4.00. The van der Waals surface area contributed by atoms with Gasteiger partial charge in [0.15, 0.2) is 0 Å². The second-order valence-corrected chi connectivity index (χ2v) is 8.80. The minimum atomic E-state index is 0.220. The van der Waals surface area contributed by atoms with Crippen LogP contribution in [0.5, 0.6) is 0 Å². The molecular formula is C18H38N2. The molecule has 2 nitrogen and oxygen atoms in total. The fourth-order valence-electron chi connectivity index (χ4n) is 3.77. The summed E-state index contributed by atoms with van der Waals surface area (Å²) in [5.41, 5.74) is 0.621. The van der Waals surface area contributed by atoms with Crippen molar-refractivity contribution in [2.75, 3.05) is 26.2 Å². The van der Waals surface area contributed by atoms with Crippen LogP contribution in [0.15, 0.2) is 0 Å². The molecule has 0 aromatic carbocycles. The standard InChI is InChI=1S/C18H38N2/c1-8-9-18(7,13-19-17(4,5)6)14-20-11-15(2)10-16(3)12-20/h15-16,19H,8-14H2,1-7H3. The Morgan fingerprint density at radius 2 is 1.60 bits per heavy atom. The smallest absolute Gasteiger partial charge is 0.00967 e. The Labute approximate surface area is 127 Å². The Kier molecular flexibility index (Phi) is 6.53. The van der Waals surface area contributed by atoms with E-state index >= 15 is 0 Å². The van der Waals surface area contributed by atoms with Gasteiger partial charge in [-0.1, -0.05) is 34.1 Å². The molecule has 0 aliphatic carbocycles. The molecule has 1 heterocycles. The van der Waals surface area contributed by atoms with Crippen LogP contribution in [0.25, 0.3) is 0 Å². The number of likely N-dealkylation sites (tertiary alicyclic amines) is 1. The van der Waals surface area contributed by atoms with Gasteiger partial charge in [-0.3, -0.25) is 0 Å². The van der Waals surface area contributed by atoms with Gasteiger partial charge in [0.25, 0.3) is 0 Å². The molecule has 1 aliphatic heterocycles. The fraction of sp³-hybridized carbons (Fsp3) is 1.00. The molecule has 2 heteroatoms. The van der Waals surface area contributed by atoms with Crippen molar-refractivity contribution in [1.29, 1.82) is 0 Å². The quantitative estimate of drug-likeness (QED) is 0.787. The number of nitrogens with one attached hydrogen (secondary N) is 1. The van der Waals surface area contributed by atoms with Crippen LogP contribution in [0, 0.1) is 17.3 Å². The van der Waals surface area contributed by atoms with Crippen molar-refractivity contribution in [3.8, 4) is 0 Å². The molecule has 120 valence electrons. The van der Waals surface area contributed by atoms with E-state index in [0.29, 0.717) is 5.41 Å². The lowest BCUT2D eigenvalue weighted by Crippen LogP contribution is -2.50. The van der Waals surface area contributed by atoms with Gasteiger partial charge in [0.1, 0.15) is 0 Å². The Hall–Kier alpha value is -0.0800. The van der Waals surface area contributed by atoms with Crippen LogP contribution in [0.2, 0.25) is 0 Å². The van der Waals surface area contributed by atoms with E-state index in [0.717, 1.165) is 18.4 Å². The zero-order valence-electron chi connectivity index (χ0n) is 15.1. The van der Waals surface area contributed by atoms with E-state index in [9.17, 15) is 0 Å². The third-order valence-corrected chi connectivity index (χ3v) is 4.45. The monoisotopic (exact) mass is 282 g/mol. The fourth-order valence-corrected chi connectivity index (χ4v) is 3.77. The van der Waals surface area contributed by atoms with Crippen LogP contribution in [0.1, 0.15) is 67.7 Å². The highest BCUT2D eigenvalue weighted by Gasteiger charge is 2.31. The van der Waals surface area contributed by atoms with E-state index < -0.39 is 0 Å². The molecule has 0 aromatic rings. The first-order valence-corrected chi connectivity index (χ1v) is 8.61. The number of hydrogen-bond acceptors (Lipinski definition) is 2. The third-order valence-electron chi connectivity index (χ3n) is 4.45. The highest BCUT2D eigenvalue weighted by molar-refractivity contribution is 4.86. The average molecular weight is 283 g/mol. The number of nitrogens with zero attached hydrogens (tertiary/aromatic N) is 1. The zero-order valence-corrected chi connectivity index (χ0v) is 15.1. The Morgan fingerprint density at radius 1 is 1.05 bits per heavy atom. The summed E-state index contributed by atoms with van der Waals surface area (Å²) in [7, 11) is 0. The number of rotatable bonds is 6. The highest BCUT2D eigenvalue weighted by Crippen LogP contribution is 2.29. The van der Waals surface area contributed by atoms with Gasteiger partial charge in [0, 0.05) is 31.7 Å². The minimum Gasteiger partial charge on any atom is -0.311 e. The van der Waals surface area contributed by atoms with Gasteiger partial charge in [-0.05, 0) is 50.9 Å². The summed E-state index contributed by atoms with van der Waals surface area (Å²) in [5.74, 6) is 1.72. The van der Waals surface area contributed by atoms with Gasteiger partial charge >= 0.3 is 0 Å². The summed E-state index contributed by atoms with van der Waals surface area (Å²) in [5, 5.41) is 3.73. The molecule has 0 spiro atoms. The molecule has 1 aliphatic rings. The minimum absolute atomic E-state index is 0.220. The maximum Gasteiger partial charge on any atom is 0.00967 e. The van der Waals surface area contributed by atoms with Crippen LogP contribution < -0.4 is 5.32 Å². The summed E-state index contributed by atoms with van der Waals surface area (Å²) in [6, 6.07) is 0. The second-order valence-electron chi connectivity index (χ2n) is 8.80. The van der Waals surface area contributed by atoms with Crippen molar-refractivity contribution < 1.29 is 0 Å². The average Bonchev–Trinajstić information content (AvgIpc) is 2.24. The Morgan fingerprint density at radius 3 is 2.05 bits per heavy atom. The van der Waals surface area contributed by atoms with Crippen LogP contribution in [0.4, 0.5) is 0 Å². The van der Waals surface area contributed by atoms with Gasteiger partial charge in [0.05, 0.1) is 0 Å². The normalized spacial score (nSPS) is 28.4. The summed E-state index contributed by atoms with van der Waals surface area (Å²) < 4.78 is 0. The summed E-state index contributed by atoms with van der Waals surface area (Å²) >= 11 is 0. The van der Waals surface area contributed by atoms with Gasteiger partial charge in [-0.2, -0.15) is 0 Å². The lowest BCUT2D eigenvalue weighted by molar-refractivity contribution is 0.0805. The predicted molar refractivity (Wildman–Crippen MR) is 90.2 cm³/mol. The molecule has 0 amide bonds. The van der Waals surface area contributed by atoms with Crippen LogP contribution in [-0.4, -0.2) is 36.6 Å². The second kappa shape index (κ2) is 7.26. The molecule has 1 saturated heterocycles. The number of hydrogen-bond donors (Lipinski definition) is 1. The maximum atomic E-state index is 3.73. The molecule has 20 heavy (non-hydrogen) atoms. The topological polar surface area (TPSA) is 15.3 Å². The highest BCUT2D eigenvalue weighted by atomic mass is 15.1. The SMILES string of the molecule is CCCC(C)(CNC(C)(C)C)CN1CC(C)CC(C)C1. The molecule has 1 rings (SSSR count). The molecule has 0 bridgehead atoms. The third kappa shape index (κ3) is 6.58. The van der Waals surface area contributed by atoms with Crippen molar-refractivity contribution in [2.45, 2.75) is 73.3 Å². The van der Waals surface area contributed by atoms with Gasteiger partial charge < -0.3 is 10.2 Å². The summed E-state index contributed by atoms with van der Waals surface area (Å²) in [6.45, 7) is 21.4. The van der Waals surface area contributed by atoms with E-state index in [4.69, 9.17) is 0 Å². The van der Waals surface area contributed by atoms with Crippen LogP contribution in [0.3, 0.4) is 0 Å². The van der Waals surface area contributed by atoms with Gasteiger partial charge in [-0.15, -0.1) is 0 Å². The predicted octanol–water partition coefficient (Wildman–Crippen LogP) is 4.16. The van der Waals surface area contributed by atoms with E-state index in [1.807, 2.05) is 0 Å². The van der Waals surface area contributed by atoms with Crippen LogP contribution in [-0.2, 0) is 0 Å². The first-order valence-electron chi connectivity index (χ1n) is 8.61. The van der Waals surface area contributed by atoms with Crippen molar-refractivity contribution in [3.63, 3.8) is 0 Å². The number of piperidine rings is 1. The lowest BCUT2D eigenvalue weighted by Gasteiger charge is -2.42. The van der Waals surface area contributed by atoms with Crippen molar-refractivity contribution >= 4 is 0 Å². The largest absolute Gasteiger partial charge is 0.311 e. The van der Waals surface area contributed by atoms with Crippen molar-refractivity contribution in [2.24, 2.45) is 17.3 Å². The molecule has 0 saturated carbocycles. The van der Waals surface area contributed by atoms with Crippen molar-refractivity contribution in [3.05, 3.63) is 0 Å². The molecule has 1 N–H and O–H groups in total. The summed E-state index contributed by atoms with van der Waals surface area (Å²) in [4.78, 5) is 2.72. The first kappa shape index (κ1) is 18.0. The Balaban J connectivity index is 2.60. The molecule has 0 aromatic heterocycles. The molecule has 0 radical (unpaired) electrons. The lowest BCUT2D eigenvalue weighted by atomic mass is 9.82. The van der Waals surface area contributed by atoms with E-state index in [-0.39, 0.29) is 5.54 Å². The first-order chi connectivity index (χ1) is 9.13.